The standard InChI is InChI=1S/C20H30N2O2/c1-16-11-17(2)13-18(12-16)14-21-7-5-20(6-8-21)4-3-19(24)22(15-20)9-10-23/h11-13,23H,3-10,14-15H2,1-2H3. The van der Waals surface area contributed by atoms with Gasteiger partial charge in [0.2, 0.25) is 5.91 Å². The minimum Gasteiger partial charge on any atom is -0.395 e. The molecule has 1 aromatic rings. The first-order valence-corrected chi connectivity index (χ1v) is 9.18. The molecule has 2 aliphatic rings. The number of piperidine rings is 2. The van der Waals surface area contributed by atoms with Gasteiger partial charge in [-0.2, -0.15) is 0 Å². The summed E-state index contributed by atoms with van der Waals surface area (Å²) in [7, 11) is 0. The summed E-state index contributed by atoms with van der Waals surface area (Å²) in [5.74, 6) is 0.215. The minimum atomic E-state index is 0.0701. The number of rotatable bonds is 4. The second kappa shape index (κ2) is 7.24. The molecule has 24 heavy (non-hydrogen) atoms. The lowest BCUT2D eigenvalue weighted by atomic mass is 9.72. The summed E-state index contributed by atoms with van der Waals surface area (Å²) in [6.07, 6.45) is 3.99. The quantitative estimate of drug-likeness (QED) is 0.922. The van der Waals surface area contributed by atoms with E-state index >= 15 is 0 Å². The zero-order chi connectivity index (χ0) is 17.2. The van der Waals surface area contributed by atoms with Gasteiger partial charge in [0, 0.05) is 26.1 Å². The number of amides is 1. The fourth-order valence-corrected chi connectivity index (χ4v) is 4.44. The van der Waals surface area contributed by atoms with Gasteiger partial charge < -0.3 is 10.0 Å². The molecular formula is C20H30N2O2. The van der Waals surface area contributed by atoms with Gasteiger partial charge in [0.1, 0.15) is 0 Å². The number of likely N-dealkylation sites (tertiary alicyclic amines) is 2. The number of benzene rings is 1. The van der Waals surface area contributed by atoms with Crippen LogP contribution in [0.3, 0.4) is 0 Å². The first kappa shape index (κ1) is 17.4. The van der Waals surface area contributed by atoms with Crippen LogP contribution in [0.4, 0.5) is 0 Å². The maximum absolute atomic E-state index is 12.0. The van der Waals surface area contributed by atoms with Crippen LogP contribution in [0.5, 0.6) is 0 Å². The topological polar surface area (TPSA) is 43.8 Å². The predicted octanol–water partition coefficient (Wildman–Crippen LogP) is 2.50. The molecule has 2 heterocycles. The van der Waals surface area contributed by atoms with Crippen LogP contribution in [0.2, 0.25) is 0 Å². The third-order valence-electron chi connectivity index (χ3n) is 5.72. The summed E-state index contributed by atoms with van der Waals surface area (Å²) in [5, 5.41) is 9.17. The number of hydrogen-bond donors (Lipinski definition) is 1. The molecule has 0 unspecified atom stereocenters. The van der Waals surface area contributed by atoms with Crippen molar-refractivity contribution in [1.82, 2.24) is 9.80 Å². The maximum atomic E-state index is 12.0. The third-order valence-corrected chi connectivity index (χ3v) is 5.72. The average molecular weight is 330 g/mol. The van der Waals surface area contributed by atoms with E-state index in [0.29, 0.717) is 13.0 Å². The fourth-order valence-electron chi connectivity index (χ4n) is 4.44. The molecule has 1 amide bonds. The molecule has 1 aromatic carbocycles. The van der Waals surface area contributed by atoms with Crippen LogP contribution in [-0.2, 0) is 11.3 Å². The van der Waals surface area contributed by atoms with Gasteiger partial charge in [0.05, 0.1) is 6.61 Å². The molecule has 2 aliphatic heterocycles. The van der Waals surface area contributed by atoms with Crippen molar-refractivity contribution in [3.63, 3.8) is 0 Å². The summed E-state index contributed by atoms with van der Waals surface area (Å²) < 4.78 is 0. The van der Waals surface area contributed by atoms with Gasteiger partial charge in [0.15, 0.2) is 0 Å². The predicted molar refractivity (Wildman–Crippen MR) is 95.8 cm³/mol. The SMILES string of the molecule is Cc1cc(C)cc(CN2CCC3(CCC(=O)N(CCO)C3)CC2)c1. The minimum absolute atomic E-state index is 0.0701. The molecule has 1 N–H and O–H groups in total. The van der Waals surface area contributed by atoms with E-state index in [9.17, 15) is 9.90 Å². The smallest absolute Gasteiger partial charge is 0.222 e. The highest BCUT2D eigenvalue weighted by atomic mass is 16.3. The first-order valence-electron chi connectivity index (χ1n) is 9.18. The monoisotopic (exact) mass is 330 g/mol. The Hall–Kier alpha value is -1.39. The second-order valence-corrected chi connectivity index (χ2v) is 7.81. The molecule has 3 rings (SSSR count). The lowest BCUT2D eigenvalue weighted by Crippen LogP contribution is -2.51. The van der Waals surface area contributed by atoms with Gasteiger partial charge in [-0.15, -0.1) is 0 Å². The zero-order valence-electron chi connectivity index (χ0n) is 15.1. The summed E-state index contributed by atoms with van der Waals surface area (Å²) >= 11 is 0. The number of carbonyl (C=O) groups excluding carboxylic acids is 1. The zero-order valence-corrected chi connectivity index (χ0v) is 15.1. The molecule has 0 atom stereocenters. The van der Waals surface area contributed by atoms with Crippen LogP contribution in [-0.4, -0.2) is 53.6 Å². The van der Waals surface area contributed by atoms with Gasteiger partial charge in [-0.3, -0.25) is 9.69 Å². The van der Waals surface area contributed by atoms with Gasteiger partial charge in [-0.05, 0) is 57.2 Å². The Kier molecular flexibility index (Phi) is 5.26. The lowest BCUT2D eigenvalue weighted by Gasteiger charge is -2.47. The van der Waals surface area contributed by atoms with Crippen LogP contribution >= 0.6 is 0 Å². The second-order valence-electron chi connectivity index (χ2n) is 7.81. The number of aliphatic hydroxyl groups is 1. The van der Waals surface area contributed by atoms with Crippen LogP contribution in [0, 0.1) is 19.3 Å². The van der Waals surface area contributed by atoms with Crippen LogP contribution in [0.15, 0.2) is 18.2 Å². The molecule has 2 fully saturated rings. The summed E-state index contributed by atoms with van der Waals surface area (Å²) in [6, 6.07) is 6.81. The van der Waals surface area contributed by atoms with E-state index in [-0.39, 0.29) is 17.9 Å². The van der Waals surface area contributed by atoms with Crippen molar-refractivity contribution in [1.29, 1.82) is 0 Å². The summed E-state index contributed by atoms with van der Waals surface area (Å²) in [6.45, 7) is 8.96. The molecular weight excluding hydrogens is 300 g/mol. The Morgan fingerprint density at radius 3 is 2.38 bits per heavy atom. The average Bonchev–Trinajstić information content (AvgIpc) is 2.53. The van der Waals surface area contributed by atoms with Crippen LogP contribution in [0.25, 0.3) is 0 Å². The molecule has 0 radical (unpaired) electrons. The number of aryl methyl sites for hydroxylation is 2. The Labute approximate surface area is 145 Å². The summed E-state index contributed by atoms with van der Waals surface area (Å²) in [5.41, 5.74) is 4.36. The van der Waals surface area contributed by atoms with Crippen molar-refractivity contribution in [3.8, 4) is 0 Å². The molecule has 1 spiro atoms. The maximum Gasteiger partial charge on any atom is 0.222 e. The number of β-amino-alcohol motifs (C(OH)–C–C–N with tert-alkyl or cyclic N) is 1. The fraction of sp³-hybridized carbons (Fsp3) is 0.650. The number of aliphatic hydroxyl groups excluding tert-OH is 1. The Morgan fingerprint density at radius 2 is 1.75 bits per heavy atom. The molecule has 2 saturated heterocycles. The van der Waals surface area contributed by atoms with E-state index < -0.39 is 0 Å². The number of carbonyl (C=O) groups is 1. The van der Waals surface area contributed by atoms with Crippen molar-refractivity contribution in [3.05, 3.63) is 34.9 Å². The lowest BCUT2D eigenvalue weighted by molar-refractivity contribution is -0.139. The van der Waals surface area contributed by atoms with E-state index in [0.717, 1.165) is 45.4 Å². The van der Waals surface area contributed by atoms with Crippen molar-refractivity contribution >= 4 is 5.91 Å². The molecule has 0 saturated carbocycles. The van der Waals surface area contributed by atoms with Crippen molar-refractivity contribution in [2.75, 3.05) is 32.8 Å². The largest absolute Gasteiger partial charge is 0.395 e. The molecule has 0 bridgehead atoms. The van der Waals surface area contributed by atoms with E-state index in [1.807, 2.05) is 4.90 Å². The number of nitrogens with zero attached hydrogens (tertiary/aromatic N) is 2. The molecule has 0 aromatic heterocycles. The first-order chi connectivity index (χ1) is 11.5. The van der Waals surface area contributed by atoms with Crippen molar-refractivity contribution < 1.29 is 9.90 Å². The number of hydrogen-bond acceptors (Lipinski definition) is 3. The summed E-state index contributed by atoms with van der Waals surface area (Å²) in [4.78, 5) is 16.4. The molecule has 4 heteroatoms. The third kappa shape index (κ3) is 3.98. The Bertz CT molecular complexity index is 571. The van der Waals surface area contributed by atoms with Gasteiger partial charge in [-0.25, -0.2) is 0 Å². The van der Waals surface area contributed by atoms with E-state index in [1.165, 1.54) is 16.7 Å². The molecule has 132 valence electrons. The van der Waals surface area contributed by atoms with E-state index in [2.05, 4.69) is 36.9 Å². The molecule has 4 nitrogen and oxygen atoms in total. The van der Waals surface area contributed by atoms with Gasteiger partial charge in [0.25, 0.3) is 0 Å². The normalized spacial score (nSPS) is 21.5. The highest BCUT2D eigenvalue weighted by Crippen LogP contribution is 2.40. The van der Waals surface area contributed by atoms with Crippen molar-refractivity contribution in [2.24, 2.45) is 5.41 Å². The Balaban J connectivity index is 1.58. The van der Waals surface area contributed by atoms with E-state index in [1.54, 1.807) is 0 Å². The Morgan fingerprint density at radius 1 is 1.08 bits per heavy atom. The highest BCUT2D eigenvalue weighted by molar-refractivity contribution is 5.77. The highest BCUT2D eigenvalue weighted by Gasteiger charge is 2.40. The van der Waals surface area contributed by atoms with Gasteiger partial charge >= 0.3 is 0 Å². The van der Waals surface area contributed by atoms with Crippen LogP contribution < -0.4 is 0 Å². The van der Waals surface area contributed by atoms with Crippen LogP contribution in [0.1, 0.15) is 42.4 Å². The van der Waals surface area contributed by atoms with Crippen molar-refractivity contribution in [2.45, 2.75) is 46.1 Å². The van der Waals surface area contributed by atoms with Gasteiger partial charge in [-0.1, -0.05) is 29.3 Å². The van der Waals surface area contributed by atoms with E-state index in [4.69, 9.17) is 0 Å². The molecule has 0 aliphatic carbocycles.